The molecule has 2 aromatic rings. The Morgan fingerprint density at radius 2 is 1.95 bits per heavy atom. The van der Waals surface area contributed by atoms with E-state index in [2.05, 4.69) is 10.5 Å². The number of ether oxygens (including phenoxy) is 1. The first-order chi connectivity index (χ1) is 10.5. The van der Waals surface area contributed by atoms with E-state index >= 15 is 0 Å². The topological polar surface area (TPSA) is 76.8 Å². The molecule has 0 unspecified atom stereocenters. The summed E-state index contributed by atoms with van der Waals surface area (Å²) < 4.78 is 5.05. The Kier molecular flexibility index (Phi) is 5.19. The Morgan fingerprint density at radius 1 is 1.27 bits per heavy atom. The molecule has 0 aromatic heterocycles. The predicted molar refractivity (Wildman–Crippen MR) is 87.1 cm³/mol. The number of methoxy groups -OCH3 is 1. The molecular weight excluding hydrogens is 329 g/mol. The van der Waals surface area contributed by atoms with Crippen LogP contribution in [0.15, 0.2) is 47.6 Å². The zero-order chi connectivity index (χ0) is 16.1. The molecule has 114 valence electrons. The third-order valence-electron chi connectivity index (χ3n) is 2.76. The number of anilines is 1. The van der Waals surface area contributed by atoms with Crippen molar-refractivity contribution < 1.29 is 9.66 Å². The van der Waals surface area contributed by atoms with Gasteiger partial charge in [-0.15, -0.1) is 0 Å². The number of hydrazone groups is 1. The quantitative estimate of drug-likeness (QED) is 0.501. The SMILES string of the molecule is COc1ccc(/C(Cl)=N\Nc2cc(Cl)ccc2[N+](=O)[O-])cc1. The van der Waals surface area contributed by atoms with Gasteiger partial charge in [-0.25, -0.2) is 0 Å². The van der Waals surface area contributed by atoms with Gasteiger partial charge in [0.15, 0.2) is 5.17 Å². The lowest BCUT2D eigenvalue weighted by molar-refractivity contribution is -0.384. The maximum Gasteiger partial charge on any atom is 0.294 e. The largest absolute Gasteiger partial charge is 0.497 e. The standard InChI is InChI=1S/C14H11Cl2N3O3/c1-22-11-5-2-9(3-6-11)14(16)18-17-12-8-10(15)4-7-13(12)19(20)21/h2-8,17H,1H3/b18-14+. The Labute approximate surface area is 136 Å². The number of hydrogen-bond acceptors (Lipinski definition) is 5. The molecule has 0 saturated carbocycles. The molecule has 8 heteroatoms. The summed E-state index contributed by atoms with van der Waals surface area (Å²) in [6.45, 7) is 0. The number of nitro groups is 1. The fourth-order valence-electron chi connectivity index (χ4n) is 1.66. The van der Waals surface area contributed by atoms with E-state index < -0.39 is 4.92 Å². The number of halogens is 2. The van der Waals surface area contributed by atoms with Gasteiger partial charge in [0.25, 0.3) is 5.69 Å². The summed E-state index contributed by atoms with van der Waals surface area (Å²) in [7, 11) is 1.56. The van der Waals surface area contributed by atoms with Crippen molar-refractivity contribution in [1.29, 1.82) is 0 Å². The van der Waals surface area contributed by atoms with E-state index in [1.54, 1.807) is 31.4 Å². The summed E-state index contributed by atoms with van der Waals surface area (Å²) >= 11 is 11.9. The maximum absolute atomic E-state index is 10.9. The Hall–Kier alpha value is -2.31. The molecule has 0 amide bonds. The maximum atomic E-state index is 10.9. The summed E-state index contributed by atoms with van der Waals surface area (Å²) in [6, 6.07) is 11.0. The Morgan fingerprint density at radius 3 is 2.55 bits per heavy atom. The van der Waals surface area contributed by atoms with Crippen LogP contribution in [0.3, 0.4) is 0 Å². The van der Waals surface area contributed by atoms with Crippen LogP contribution in [-0.2, 0) is 0 Å². The molecule has 0 atom stereocenters. The van der Waals surface area contributed by atoms with Gasteiger partial charge in [0.05, 0.1) is 12.0 Å². The fraction of sp³-hybridized carbons (Fsp3) is 0.0714. The second kappa shape index (κ2) is 7.11. The van der Waals surface area contributed by atoms with E-state index in [4.69, 9.17) is 27.9 Å². The van der Waals surface area contributed by atoms with Gasteiger partial charge in [-0.1, -0.05) is 23.2 Å². The summed E-state index contributed by atoms with van der Waals surface area (Å²) in [6.07, 6.45) is 0. The zero-order valence-electron chi connectivity index (χ0n) is 11.4. The van der Waals surface area contributed by atoms with Gasteiger partial charge in [0.1, 0.15) is 11.4 Å². The second-order valence-electron chi connectivity index (χ2n) is 4.16. The molecule has 0 fully saturated rings. The van der Waals surface area contributed by atoms with Gasteiger partial charge < -0.3 is 4.74 Å². The van der Waals surface area contributed by atoms with E-state index in [0.717, 1.165) is 0 Å². The highest BCUT2D eigenvalue weighted by atomic mass is 35.5. The molecule has 0 saturated heterocycles. The summed E-state index contributed by atoms with van der Waals surface area (Å²) in [5.41, 5.74) is 3.21. The van der Waals surface area contributed by atoms with Gasteiger partial charge in [-0.2, -0.15) is 5.10 Å². The number of nitro benzene ring substituents is 1. The summed E-state index contributed by atoms with van der Waals surface area (Å²) in [4.78, 5) is 10.4. The first kappa shape index (κ1) is 16.1. The number of nitrogens with one attached hydrogen (secondary N) is 1. The fourth-order valence-corrected chi connectivity index (χ4v) is 2.00. The van der Waals surface area contributed by atoms with E-state index in [0.29, 0.717) is 16.3 Å². The van der Waals surface area contributed by atoms with Gasteiger partial charge in [-0.3, -0.25) is 15.5 Å². The van der Waals surface area contributed by atoms with E-state index in [-0.39, 0.29) is 16.5 Å². The molecule has 0 aliphatic carbocycles. The highest BCUT2D eigenvalue weighted by Crippen LogP contribution is 2.27. The third-order valence-corrected chi connectivity index (χ3v) is 3.30. The van der Waals surface area contributed by atoms with Gasteiger partial charge in [0.2, 0.25) is 0 Å². The molecule has 0 spiro atoms. The minimum absolute atomic E-state index is 0.146. The smallest absolute Gasteiger partial charge is 0.294 e. The van der Waals surface area contributed by atoms with Crippen LogP contribution < -0.4 is 10.2 Å². The molecule has 0 aliphatic rings. The minimum Gasteiger partial charge on any atom is -0.497 e. The minimum atomic E-state index is -0.532. The third kappa shape index (κ3) is 3.87. The van der Waals surface area contributed by atoms with Crippen molar-refractivity contribution in [2.45, 2.75) is 0 Å². The van der Waals surface area contributed by atoms with Crippen LogP contribution in [0.4, 0.5) is 11.4 Å². The lowest BCUT2D eigenvalue weighted by Gasteiger charge is -2.05. The molecule has 2 aromatic carbocycles. The molecule has 0 heterocycles. The zero-order valence-corrected chi connectivity index (χ0v) is 12.9. The van der Waals surface area contributed by atoms with Crippen LogP contribution in [0.2, 0.25) is 5.02 Å². The number of hydrogen-bond donors (Lipinski definition) is 1. The Balaban J connectivity index is 2.23. The number of nitrogens with zero attached hydrogens (tertiary/aromatic N) is 2. The van der Waals surface area contributed by atoms with Crippen molar-refractivity contribution in [3.63, 3.8) is 0 Å². The van der Waals surface area contributed by atoms with Gasteiger partial charge >= 0.3 is 0 Å². The summed E-state index contributed by atoms with van der Waals surface area (Å²) in [5.74, 6) is 0.687. The van der Waals surface area contributed by atoms with Crippen molar-refractivity contribution in [2.75, 3.05) is 12.5 Å². The second-order valence-corrected chi connectivity index (χ2v) is 4.96. The average Bonchev–Trinajstić information content (AvgIpc) is 2.52. The molecule has 0 aliphatic heterocycles. The van der Waals surface area contributed by atoms with Crippen LogP contribution in [0.5, 0.6) is 5.75 Å². The molecule has 6 nitrogen and oxygen atoms in total. The van der Waals surface area contributed by atoms with Crippen LogP contribution in [-0.4, -0.2) is 17.2 Å². The highest BCUT2D eigenvalue weighted by molar-refractivity contribution is 6.69. The van der Waals surface area contributed by atoms with Crippen LogP contribution in [0.25, 0.3) is 0 Å². The monoisotopic (exact) mass is 339 g/mol. The predicted octanol–water partition coefficient (Wildman–Crippen LogP) is 4.27. The molecule has 22 heavy (non-hydrogen) atoms. The van der Waals surface area contributed by atoms with Crippen LogP contribution in [0.1, 0.15) is 5.56 Å². The molecule has 2 rings (SSSR count). The normalized spacial score (nSPS) is 11.1. The molecule has 0 radical (unpaired) electrons. The Bertz CT molecular complexity index is 718. The van der Waals surface area contributed by atoms with Crippen molar-refractivity contribution >= 4 is 39.7 Å². The molecule has 1 N–H and O–H groups in total. The van der Waals surface area contributed by atoms with Crippen LogP contribution in [0, 0.1) is 10.1 Å². The lowest BCUT2D eigenvalue weighted by atomic mass is 10.2. The lowest BCUT2D eigenvalue weighted by Crippen LogP contribution is -2.00. The van der Waals surface area contributed by atoms with E-state index in [1.807, 2.05) is 0 Å². The number of rotatable bonds is 5. The van der Waals surface area contributed by atoms with Crippen molar-refractivity contribution in [2.24, 2.45) is 5.10 Å². The van der Waals surface area contributed by atoms with Crippen LogP contribution >= 0.6 is 23.2 Å². The van der Waals surface area contributed by atoms with Crippen molar-refractivity contribution in [3.8, 4) is 5.75 Å². The first-order valence-corrected chi connectivity index (χ1v) is 6.84. The van der Waals surface area contributed by atoms with Crippen molar-refractivity contribution in [3.05, 3.63) is 63.2 Å². The van der Waals surface area contributed by atoms with Crippen molar-refractivity contribution in [1.82, 2.24) is 0 Å². The summed E-state index contributed by atoms with van der Waals surface area (Å²) in [5, 5.41) is 15.4. The number of benzene rings is 2. The molecule has 0 bridgehead atoms. The van der Waals surface area contributed by atoms with E-state index in [1.165, 1.54) is 18.2 Å². The molecular formula is C14H11Cl2N3O3. The highest BCUT2D eigenvalue weighted by Gasteiger charge is 2.13. The van der Waals surface area contributed by atoms with E-state index in [9.17, 15) is 10.1 Å². The first-order valence-electron chi connectivity index (χ1n) is 6.09. The van der Waals surface area contributed by atoms with Gasteiger partial charge in [0, 0.05) is 16.7 Å². The van der Waals surface area contributed by atoms with Gasteiger partial charge in [-0.05, 0) is 36.4 Å². The average molecular weight is 340 g/mol.